The maximum atomic E-state index is 12.9. The number of nitrogens with zero attached hydrogens (tertiary/aromatic N) is 2. The number of anilines is 1. The van der Waals surface area contributed by atoms with E-state index in [0.717, 1.165) is 5.69 Å². The molecule has 27 heavy (non-hydrogen) atoms. The van der Waals surface area contributed by atoms with Gasteiger partial charge in [-0.15, -0.1) is 0 Å². The molecule has 0 spiro atoms. The smallest absolute Gasteiger partial charge is 0.265 e. The predicted octanol–water partition coefficient (Wildman–Crippen LogP) is 1.92. The van der Waals surface area contributed by atoms with Crippen LogP contribution in [0.15, 0.2) is 48.5 Å². The van der Waals surface area contributed by atoms with Crippen LogP contribution < -0.4 is 14.4 Å². The van der Waals surface area contributed by atoms with E-state index in [0.29, 0.717) is 18.0 Å². The number of halogens is 1. The van der Waals surface area contributed by atoms with Crippen molar-refractivity contribution < 1.29 is 23.8 Å². The van der Waals surface area contributed by atoms with Crippen LogP contribution in [0, 0.1) is 5.82 Å². The van der Waals surface area contributed by atoms with Gasteiger partial charge in [0.2, 0.25) is 0 Å². The molecule has 1 aliphatic rings. The lowest BCUT2D eigenvalue weighted by molar-refractivity contribution is -0.136. The van der Waals surface area contributed by atoms with Gasteiger partial charge in [0.1, 0.15) is 30.0 Å². The Morgan fingerprint density at radius 3 is 2.70 bits per heavy atom. The molecule has 1 N–H and O–H groups in total. The summed E-state index contributed by atoms with van der Waals surface area (Å²) in [5.41, 5.74) is 0.820. The molecule has 3 rings (SSSR count). The number of hydrogen-bond donors (Lipinski definition) is 1. The molecule has 7 heteroatoms. The Kier molecular flexibility index (Phi) is 5.81. The van der Waals surface area contributed by atoms with E-state index in [4.69, 9.17) is 9.47 Å². The van der Waals surface area contributed by atoms with Gasteiger partial charge in [0.05, 0.1) is 12.2 Å². The number of amides is 1. The van der Waals surface area contributed by atoms with E-state index in [1.165, 1.54) is 29.2 Å². The molecular weight excluding hydrogens is 351 g/mol. The average Bonchev–Trinajstić information content (AvgIpc) is 2.66. The van der Waals surface area contributed by atoms with Gasteiger partial charge in [0, 0.05) is 20.6 Å². The zero-order valence-corrected chi connectivity index (χ0v) is 15.3. The van der Waals surface area contributed by atoms with Crippen molar-refractivity contribution in [3.8, 4) is 11.5 Å². The Hall–Kier alpha value is -2.80. The van der Waals surface area contributed by atoms with Crippen molar-refractivity contribution in [2.75, 3.05) is 38.7 Å². The minimum atomic E-state index is -0.795. The Balaban J connectivity index is 1.66. The molecule has 1 amide bonds. The van der Waals surface area contributed by atoms with Crippen LogP contribution in [0.2, 0.25) is 0 Å². The van der Waals surface area contributed by atoms with Crippen LogP contribution in [-0.4, -0.2) is 61.9 Å². The molecule has 1 heterocycles. The molecule has 2 aromatic rings. The number of para-hydroxylation sites is 2. The first kappa shape index (κ1) is 19.0. The van der Waals surface area contributed by atoms with Gasteiger partial charge >= 0.3 is 0 Å². The van der Waals surface area contributed by atoms with Gasteiger partial charge in [-0.2, -0.15) is 0 Å². The van der Waals surface area contributed by atoms with Crippen molar-refractivity contribution >= 4 is 11.6 Å². The quantitative estimate of drug-likeness (QED) is 0.837. The maximum Gasteiger partial charge on any atom is 0.265 e. The molecule has 0 bridgehead atoms. The first-order valence-corrected chi connectivity index (χ1v) is 8.72. The van der Waals surface area contributed by atoms with Crippen molar-refractivity contribution in [2.24, 2.45) is 0 Å². The lowest BCUT2D eigenvalue weighted by Crippen LogP contribution is -2.50. The highest BCUT2D eigenvalue weighted by molar-refractivity contribution is 5.83. The summed E-state index contributed by atoms with van der Waals surface area (Å²) in [7, 11) is 3.36. The average molecular weight is 374 g/mol. The summed E-state index contributed by atoms with van der Waals surface area (Å²) in [5, 5.41) is 10.4. The number of carbonyl (C=O) groups excluding carboxylic acids is 1. The lowest BCUT2D eigenvalue weighted by Gasteiger charge is -2.37. The number of carbonyl (C=O) groups is 1. The van der Waals surface area contributed by atoms with Crippen molar-refractivity contribution in [1.82, 2.24) is 4.90 Å². The summed E-state index contributed by atoms with van der Waals surface area (Å²) in [6, 6.07) is 13.0. The van der Waals surface area contributed by atoms with E-state index in [-0.39, 0.29) is 24.9 Å². The van der Waals surface area contributed by atoms with Crippen LogP contribution in [0.3, 0.4) is 0 Å². The molecule has 0 aliphatic carbocycles. The standard InChI is InChI=1S/C20H23FN2O4/c1-22(2)20(25)19-12-23(17-5-3-4-6-18(17)27-19)11-15(24)13-26-16-9-7-14(21)8-10-16/h3-10,15,19,24H,11-13H2,1-2H3. The van der Waals surface area contributed by atoms with Gasteiger partial charge < -0.3 is 24.4 Å². The van der Waals surface area contributed by atoms with Crippen LogP contribution >= 0.6 is 0 Å². The normalized spacial score (nSPS) is 16.9. The molecular formula is C20H23FN2O4. The topological polar surface area (TPSA) is 62.2 Å². The maximum absolute atomic E-state index is 12.9. The number of fused-ring (bicyclic) bond motifs is 1. The summed E-state index contributed by atoms with van der Waals surface area (Å²) in [6.45, 7) is 0.665. The fourth-order valence-corrected chi connectivity index (χ4v) is 2.93. The molecule has 6 nitrogen and oxygen atoms in total. The van der Waals surface area contributed by atoms with Crippen LogP contribution in [0.5, 0.6) is 11.5 Å². The van der Waals surface area contributed by atoms with E-state index < -0.39 is 12.2 Å². The Labute approximate surface area is 157 Å². The lowest BCUT2D eigenvalue weighted by atomic mass is 10.1. The van der Waals surface area contributed by atoms with Crippen LogP contribution in [0.1, 0.15) is 0 Å². The second-order valence-corrected chi connectivity index (χ2v) is 6.63. The third kappa shape index (κ3) is 4.68. The molecule has 0 saturated heterocycles. The summed E-state index contributed by atoms with van der Waals surface area (Å²) in [5.74, 6) is 0.616. The largest absolute Gasteiger partial charge is 0.491 e. The zero-order valence-electron chi connectivity index (χ0n) is 15.3. The molecule has 0 fully saturated rings. The van der Waals surface area contributed by atoms with Gasteiger partial charge in [-0.1, -0.05) is 12.1 Å². The van der Waals surface area contributed by atoms with E-state index in [9.17, 15) is 14.3 Å². The highest BCUT2D eigenvalue weighted by Gasteiger charge is 2.32. The predicted molar refractivity (Wildman–Crippen MR) is 99.7 cm³/mol. The molecule has 1 aliphatic heterocycles. The zero-order chi connectivity index (χ0) is 19.4. The van der Waals surface area contributed by atoms with E-state index >= 15 is 0 Å². The third-order valence-electron chi connectivity index (χ3n) is 4.26. The fraction of sp³-hybridized carbons (Fsp3) is 0.350. The number of aliphatic hydroxyl groups is 1. The first-order valence-electron chi connectivity index (χ1n) is 8.72. The van der Waals surface area contributed by atoms with Gasteiger partial charge in [-0.3, -0.25) is 4.79 Å². The summed E-state index contributed by atoms with van der Waals surface area (Å²) in [6.07, 6.45) is -1.43. The Bertz CT molecular complexity index is 782. The van der Waals surface area contributed by atoms with Crippen molar-refractivity contribution in [1.29, 1.82) is 0 Å². The molecule has 2 atom stereocenters. The number of hydrogen-bond acceptors (Lipinski definition) is 5. The number of β-amino-alcohol motifs (C(OH)–C–C–N with tert-alkyl or cyclic N) is 1. The van der Waals surface area contributed by atoms with Crippen molar-refractivity contribution in [3.05, 3.63) is 54.3 Å². The number of ether oxygens (including phenoxy) is 2. The molecule has 2 unspecified atom stereocenters. The van der Waals surface area contributed by atoms with E-state index in [1.807, 2.05) is 23.1 Å². The Morgan fingerprint density at radius 1 is 1.30 bits per heavy atom. The molecule has 0 radical (unpaired) electrons. The molecule has 0 aromatic heterocycles. The highest BCUT2D eigenvalue weighted by atomic mass is 19.1. The van der Waals surface area contributed by atoms with Gasteiger partial charge in [0.25, 0.3) is 5.91 Å². The number of likely N-dealkylation sites (N-methyl/N-ethyl adjacent to an activating group) is 1. The number of benzene rings is 2. The van der Waals surface area contributed by atoms with Gasteiger partial charge in [-0.05, 0) is 36.4 Å². The minimum Gasteiger partial charge on any atom is -0.491 e. The van der Waals surface area contributed by atoms with Crippen LogP contribution in [-0.2, 0) is 4.79 Å². The summed E-state index contributed by atoms with van der Waals surface area (Å²) < 4.78 is 24.3. The van der Waals surface area contributed by atoms with Crippen LogP contribution in [0.4, 0.5) is 10.1 Å². The van der Waals surface area contributed by atoms with Gasteiger partial charge in [0.15, 0.2) is 6.10 Å². The minimum absolute atomic E-state index is 0.0530. The second kappa shape index (κ2) is 8.26. The second-order valence-electron chi connectivity index (χ2n) is 6.63. The first-order chi connectivity index (χ1) is 12.9. The third-order valence-corrected chi connectivity index (χ3v) is 4.26. The molecule has 0 saturated carbocycles. The van der Waals surface area contributed by atoms with Crippen LogP contribution in [0.25, 0.3) is 0 Å². The highest BCUT2D eigenvalue weighted by Crippen LogP contribution is 2.33. The monoisotopic (exact) mass is 374 g/mol. The molecule has 144 valence electrons. The summed E-state index contributed by atoms with van der Waals surface area (Å²) in [4.78, 5) is 15.7. The van der Waals surface area contributed by atoms with Gasteiger partial charge in [-0.25, -0.2) is 4.39 Å². The SMILES string of the molecule is CN(C)C(=O)C1CN(CC(O)COc2ccc(F)cc2)c2ccccc2O1. The van der Waals surface area contributed by atoms with Crippen molar-refractivity contribution in [2.45, 2.75) is 12.2 Å². The van der Waals surface area contributed by atoms with E-state index in [2.05, 4.69) is 0 Å². The number of rotatable bonds is 6. The fourth-order valence-electron chi connectivity index (χ4n) is 2.93. The number of aliphatic hydroxyl groups excluding tert-OH is 1. The van der Waals surface area contributed by atoms with Crippen molar-refractivity contribution in [3.63, 3.8) is 0 Å². The van der Waals surface area contributed by atoms with E-state index in [1.54, 1.807) is 20.2 Å². The molecule has 2 aromatic carbocycles. The Morgan fingerprint density at radius 2 is 2.00 bits per heavy atom. The summed E-state index contributed by atoms with van der Waals surface area (Å²) >= 11 is 0.